The van der Waals surface area contributed by atoms with Crippen molar-refractivity contribution in [1.82, 2.24) is 34.9 Å². The van der Waals surface area contributed by atoms with Gasteiger partial charge in [-0.3, -0.25) is 33.7 Å². The molecule has 5 heterocycles. The summed E-state index contributed by atoms with van der Waals surface area (Å²) in [5, 5.41) is 15.0. The third kappa shape index (κ3) is 10.7. The molecule has 1 saturated heterocycles. The highest BCUT2D eigenvalue weighted by atomic mass is 19.4. The second-order valence-corrected chi connectivity index (χ2v) is 15.0. The normalized spacial score (nSPS) is 18.3. The number of carbonyl (C=O) groups is 4. The Morgan fingerprint density at radius 1 is 1.05 bits per heavy atom. The molecule has 324 valence electrons. The number of nitrogens with zero attached hydrogens (tertiary/aromatic N) is 5. The van der Waals surface area contributed by atoms with Gasteiger partial charge in [0.1, 0.15) is 24.7 Å². The van der Waals surface area contributed by atoms with Gasteiger partial charge in [0.2, 0.25) is 17.7 Å². The average molecular weight is 851 g/mol. The van der Waals surface area contributed by atoms with E-state index >= 15 is 0 Å². The lowest BCUT2D eigenvalue weighted by Gasteiger charge is -2.28. The van der Waals surface area contributed by atoms with Crippen molar-refractivity contribution < 1.29 is 45.9 Å². The van der Waals surface area contributed by atoms with Crippen molar-refractivity contribution in [1.29, 1.82) is 0 Å². The Labute approximate surface area is 345 Å². The number of fused-ring (bicyclic) bond motifs is 1. The second kappa shape index (κ2) is 18.9. The molecule has 1 aliphatic carbocycles. The Bertz CT molecular complexity index is 2430. The molecule has 61 heavy (non-hydrogen) atoms. The SMILES string of the molecule is NC(=O)c1nn([C@H]2CC[C@H](CNCCCOCCCc3cccc4c3oc(=O)n4C3CCC(=O)NC3=O)CC2)cc1NC(=O)c1coc(-c2ccnc(NCC(F)(F)F)c2)n1. The van der Waals surface area contributed by atoms with E-state index in [0.29, 0.717) is 48.6 Å². The first kappa shape index (κ1) is 42.8. The third-order valence-corrected chi connectivity index (χ3v) is 10.7. The maximum atomic E-state index is 13.1. The van der Waals surface area contributed by atoms with Gasteiger partial charge in [-0.1, -0.05) is 12.1 Å². The maximum Gasteiger partial charge on any atom is 0.420 e. The number of aromatic nitrogens is 5. The molecular weight excluding hydrogens is 805 g/mol. The van der Waals surface area contributed by atoms with Crippen LogP contribution in [0, 0.1) is 5.92 Å². The molecule has 1 unspecified atom stereocenters. The number of anilines is 2. The van der Waals surface area contributed by atoms with Crippen molar-refractivity contribution in [2.24, 2.45) is 11.7 Å². The van der Waals surface area contributed by atoms with Gasteiger partial charge in [0.15, 0.2) is 17.0 Å². The number of primary amides is 1. The van der Waals surface area contributed by atoms with Gasteiger partial charge in [0.25, 0.3) is 11.8 Å². The van der Waals surface area contributed by atoms with Crippen LogP contribution >= 0.6 is 0 Å². The largest absolute Gasteiger partial charge is 0.444 e. The fourth-order valence-electron chi connectivity index (χ4n) is 7.62. The summed E-state index contributed by atoms with van der Waals surface area (Å²) in [6.45, 7) is 1.47. The van der Waals surface area contributed by atoms with E-state index in [2.05, 4.69) is 36.3 Å². The number of amides is 4. The number of alkyl halides is 3. The first-order valence-corrected chi connectivity index (χ1v) is 20.0. The number of rotatable bonds is 18. The monoisotopic (exact) mass is 850 g/mol. The second-order valence-electron chi connectivity index (χ2n) is 15.0. The Hall–Kier alpha value is -6.35. The molecule has 0 bridgehead atoms. The van der Waals surface area contributed by atoms with Crippen molar-refractivity contribution in [3.05, 3.63) is 76.5 Å². The van der Waals surface area contributed by atoms with E-state index in [1.807, 2.05) is 12.1 Å². The van der Waals surface area contributed by atoms with Crippen molar-refractivity contribution in [2.75, 3.05) is 43.5 Å². The van der Waals surface area contributed by atoms with Crippen molar-refractivity contribution in [3.63, 3.8) is 0 Å². The number of halogens is 3. The average Bonchev–Trinajstić information content (AvgIpc) is 3.98. The van der Waals surface area contributed by atoms with Gasteiger partial charge < -0.3 is 35.3 Å². The number of hydrogen-bond donors (Lipinski definition) is 5. The third-order valence-electron chi connectivity index (χ3n) is 10.7. The summed E-state index contributed by atoms with van der Waals surface area (Å²) in [5.74, 6) is -2.63. The number of para-hydroxylation sites is 1. The minimum atomic E-state index is -4.44. The Balaban J connectivity index is 0.805. The van der Waals surface area contributed by atoms with Crippen molar-refractivity contribution >= 4 is 46.2 Å². The lowest BCUT2D eigenvalue weighted by molar-refractivity contribution is -0.135. The van der Waals surface area contributed by atoms with Crippen LogP contribution in [0.15, 0.2) is 62.6 Å². The number of imide groups is 1. The number of carbonyl (C=O) groups excluding carboxylic acids is 4. The fourth-order valence-corrected chi connectivity index (χ4v) is 7.62. The molecule has 2 fully saturated rings. The molecule has 6 N–H and O–H groups in total. The summed E-state index contributed by atoms with van der Waals surface area (Å²) >= 11 is 0. The van der Waals surface area contributed by atoms with Crippen LogP contribution in [0.3, 0.4) is 0 Å². The highest BCUT2D eigenvalue weighted by Crippen LogP contribution is 2.33. The highest BCUT2D eigenvalue weighted by Gasteiger charge is 2.32. The predicted molar refractivity (Wildman–Crippen MR) is 212 cm³/mol. The number of benzene rings is 1. The molecule has 18 nitrogen and oxygen atoms in total. The smallest absolute Gasteiger partial charge is 0.420 e. The van der Waals surface area contributed by atoms with Crippen molar-refractivity contribution in [3.8, 4) is 11.5 Å². The van der Waals surface area contributed by atoms with E-state index in [0.717, 1.165) is 57.0 Å². The van der Waals surface area contributed by atoms with E-state index in [-0.39, 0.29) is 53.6 Å². The van der Waals surface area contributed by atoms with Crippen LogP contribution in [0.4, 0.5) is 24.7 Å². The van der Waals surface area contributed by atoms with E-state index in [1.165, 1.54) is 22.9 Å². The van der Waals surface area contributed by atoms with Gasteiger partial charge in [-0.25, -0.2) is 14.8 Å². The van der Waals surface area contributed by atoms with E-state index < -0.39 is 42.2 Å². The van der Waals surface area contributed by atoms with E-state index in [4.69, 9.17) is 19.3 Å². The quantitative estimate of drug-likeness (QED) is 0.0603. The molecule has 21 heteroatoms. The number of oxazole rings is 2. The summed E-state index contributed by atoms with van der Waals surface area (Å²) in [7, 11) is 0. The predicted octanol–water partition coefficient (Wildman–Crippen LogP) is 4.50. The van der Waals surface area contributed by atoms with Gasteiger partial charge in [-0.05, 0) is 94.1 Å². The lowest BCUT2D eigenvalue weighted by atomic mass is 9.86. The summed E-state index contributed by atoms with van der Waals surface area (Å²) < 4.78 is 57.6. The minimum absolute atomic E-state index is 0.00725. The van der Waals surface area contributed by atoms with E-state index in [9.17, 15) is 37.1 Å². The molecule has 0 spiro atoms. The van der Waals surface area contributed by atoms with Gasteiger partial charge in [0, 0.05) is 37.6 Å². The van der Waals surface area contributed by atoms with Crippen LogP contribution in [0.5, 0.6) is 0 Å². The fraction of sp³-hybridized carbons (Fsp3) is 0.450. The molecular formula is C40H45F3N10O8. The van der Waals surface area contributed by atoms with Crippen LogP contribution in [0.1, 0.15) is 90.0 Å². The van der Waals surface area contributed by atoms with Crippen molar-refractivity contribution in [2.45, 2.75) is 76.0 Å². The zero-order valence-electron chi connectivity index (χ0n) is 33.0. The van der Waals surface area contributed by atoms with Gasteiger partial charge in [0.05, 0.1) is 17.2 Å². The number of aryl methyl sites for hydroxylation is 1. The number of piperidine rings is 1. The number of nitrogens with two attached hydrogens (primary N) is 1. The van der Waals surface area contributed by atoms with Crippen LogP contribution in [-0.2, 0) is 20.7 Å². The molecule has 1 atom stereocenters. The lowest BCUT2D eigenvalue weighted by Crippen LogP contribution is -2.43. The molecule has 2 aliphatic rings. The molecule has 4 aromatic heterocycles. The first-order chi connectivity index (χ1) is 29.3. The van der Waals surface area contributed by atoms with E-state index in [1.54, 1.807) is 16.9 Å². The molecule has 1 saturated carbocycles. The Kier molecular flexibility index (Phi) is 13.3. The number of pyridine rings is 1. The first-order valence-electron chi connectivity index (χ1n) is 20.0. The van der Waals surface area contributed by atoms with Crippen LogP contribution in [0.25, 0.3) is 22.6 Å². The minimum Gasteiger partial charge on any atom is -0.444 e. The summed E-state index contributed by atoms with van der Waals surface area (Å²) in [5.41, 5.74) is 7.58. The van der Waals surface area contributed by atoms with Gasteiger partial charge in [-0.15, -0.1) is 0 Å². The zero-order valence-corrected chi connectivity index (χ0v) is 33.0. The molecule has 7 rings (SSSR count). The molecule has 5 aromatic rings. The number of nitrogens with one attached hydrogen (secondary N) is 4. The molecule has 1 aromatic carbocycles. The zero-order chi connectivity index (χ0) is 43.1. The summed E-state index contributed by atoms with van der Waals surface area (Å²) in [6.07, 6.45) is 5.53. The Morgan fingerprint density at radius 2 is 1.85 bits per heavy atom. The van der Waals surface area contributed by atoms with Gasteiger partial charge in [-0.2, -0.15) is 18.3 Å². The summed E-state index contributed by atoms with van der Waals surface area (Å²) in [6, 6.07) is 7.42. The number of hydrogen-bond acceptors (Lipinski definition) is 13. The van der Waals surface area contributed by atoms with Gasteiger partial charge >= 0.3 is 11.9 Å². The van der Waals surface area contributed by atoms with Crippen LogP contribution < -0.4 is 32.8 Å². The maximum absolute atomic E-state index is 13.1. The summed E-state index contributed by atoms with van der Waals surface area (Å²) in [4.78, 5) is 70.1. The van der Waals surface area contributed by atoms with Crippen LogP contribution in [0.2, 0.25) is 0 Å². The van der Waals surface area contributed by atoms with Crippen LogP contribution in [-0.4, -0.2) is 87.0 Å². The highest BCUT2D eigenvalue weighted by molar-refractivity contribution is 6.07. The molecule has 1 aliphatic heterocycles. The number of ether oxygens (including phenoxy) is 1. The standard InChI is InChI=1S/C40H45F3N10O8/c41-40(42,43)22-47-31-18-25(13-15-46-31)38-49-28(21-60-38)36(56)48-27-20-52(51-33(27)35(44)55)26-9-7-23(8-10-26)19-45-14-3-17-59-16-2-5-24-4-1-6-29-34(24)61-39(58)53(29)30-11-12-32(54)50-37(30)57/h1,4,6,13,15,18,20-21,23,26,30,45H,2-3,5,7-12,14,16-17,19,22H2,(H2,44,55)(H,46,47)(H,48,56)(H,50,54,57)/t23-,26-,30?. The molecule has 0 radical (unpaired) electrons. The Morgan fingerprint density at radius 3 is 2.62 bits per heavy atom. The molecule has 4 amide bonds. The topological polar surface area (TPSA) is 244 Å².